The molecule has 0 radical (unpaired) electrons. The lowest BCUT2D eigenvalue weighted by atomic mass is 10.1. The van der Waals surface area contributed by atoms with Gasteiger partial charge in [0.1, 0.15) is 0 Å². The van der Waals surface area contributed by atoms with Crippen LogP contribution in [0.3, 0.4) is 0 Å². The van der Waals surface area contributed by atoms with Gasteiger partial charge in [-0.15, -0.1) is 11.3 Å². The second-order valence-corrected chi connectivity index (χ2v) is 6.55. The van der Waals surface area contributed by atoms with Gasteiger partial charge in [0.25, 0.3) is 5.91 Å². The first-order valence-corrected chi connectivity index (χ1v) is 7.36. The molecule has 0 fully saturated rings. The summed E-state index contributed by atoms with van der Waals surface area (Å²) in [6.07, 6.45) is 0. The fourth-order valence-electron chi connectivity index (χ4n) is 1.38. The van der Waals surface area contributed by atoms with Crippen molar-refractivity contribution in [1.82, 2.24) is 4.90 Å². The molecule has 1 atom stereocenters. The Hall–Kier alpha value is -0.460. The number of nitrogens with two attached hydrogens (primary N) is 1. The molecule has 0 spiro atoms. The van der Waals surface area contributed by atoms with Crippen LogP contribution in [0.5, 0.6) is 0 Å². The quantitative estimate of drug-likeness (QED) is 0.842. The van der Waals surface area contributed by atoms with Crippen LogP contribution >= 0.6 is 39.5 Å². The summed E-state index contributed by atoms with van der Waals surface area (Å²) in [6, 6.07) is 1.83. The van der Waals surface area contributed by atoms with Gasteiger partial charge in [0.2, 0.25) is 0 Å². The minimum Gasteiger partial charge on any atom is -0.393 e. The maximum atomic E-state index is 12.2. The number of amides is 1. The average molecular weight is 335 g/mol. The Morgan fingerprint density at radius 2 is 2.35 bits per heavy atom. The summed E-state index contributed by atoms with van der Waals surface area (Å²) in [5.74, 6) is 0.0635. The minimum atomic E-state index is 0.0255. The zero-order chi connectivity index (χ0) is 13.0. The standard InChI is InChI=1S/C11H15BrN2OS2/c1-3-14(5-7(2)10(13)16)11(15)8-4-9(12)17-6-8/h4,6-7H,3,5H2,1-2H3,(H2,13,16). The molecule has 0 saturated carbocycles. The smallest absolute Gasteiger partial charge is 0.254 e. The molecule has 94 valence electrons. The molecule has 1 aromatic rings. The van der Waals surface area contributed by atoms with Crippen molar-refractivity contribution < 1.29 is 4.79 Å². The Labute approximate surface area is 119 Å². The van der Waals surface area contributed by atoms with Gasteiger partial charge >= 0.3 is 0 Å². The van der Waals surface area contributed by atoms with Crippen LogP contribution < -0.4 is 5.73 Å². The first-order valence-electron chi connectivity index (χ1n) is 5.28. The van der Waals surface area contributed by atoms with Crippen LogP contribution in [-0.2, 0) is 0 Å². The van der Waals surface area contributed by atoms with E-state index < -0.39 is 0 Å². The number of thiocarbonyl (C=S) groups is 1. The van der Waals surface area contributed by atoms with Crippen LogP contribution in [0.1, 0.15) is 24.2 Å². The Bertz CT molecular complexity index is 419. The monoisotopic (exact) mass is 334 g/mol. The minimum absolute atomic E-state index is 0.0255. The molecule has 1 amide bonds. The number of carbonyl (C=O) groups is 1. The molecule has 17 heavy (non-hydrogen) atoms. The summed E-state index contributed by atoms with van der Waals surface area (Å²) in [6.45, 7) is 5.10. The van der Waals surface area contributed by atoms with Crippen molar-refractivity contribution in [3.8, 4) is 0 Å². The maximum absolute atomic E-state index is 12.2. The highest BCUT2D eigenvalue weighted by Crippen LogP contribution is 2.22. The number of thiophene rings is 1. The lowest BCUT2D eigenvalue weighted by Crippen LogP contribution is -2.37. The fourth-order valence-corrected chi connectivity index (χ4v) is 2.59. The van der Waals surface area contributed by atoms with E-state index in [-0.39, 0.29) is 11.8 Å². The summed E-state index contributed by atoms with van der Waals surface area (Å²) in [5.41, 5.74) is 6.28. The van der Waals surface area contributed by atoms with Crippen LogP contribution in [0, 0.1) is 5.92 Å². The van der Waals surface area contributed by atoms with E-state index in [0.717, 1.165) is 3.79 Å². The Balaban J connectivity index is 2.74. The second kappa shape index (κ2) is 6.47. The van der Waals surface area contributed by atoms with Crippen molar-refractivity contribution in [2.75, 3.05) is 13.1 Å². The van der Waals surface area contributed by atoms with E-state index in [1.807, 2.05) is 25.3 Å². The fraction of sp³-hybridized carbons (Fsp3) is 0.455. The van der Waals surface area contributed by atoms with Crippen LogP contribution in [0.2, 0.25) is 0 Å². The number of hydrogen-bond donors (Lipinski definition) is 1. The zero-order valence-electron chi connectivity index (χ0n) is 9.77. The van der Waals surface area contributed by atoms with Gasteiger partial charge in [0, 0.05) is 24.4 Å². The van der Waals surface area contributed by atoms with E-state index in [0.29, 0.717) is 23.6 Å². The molecule has 2 N–H and O–H groups in total. The van der Waals surface area contributed by atoms with Crippen LogP contribution in [0.25, 0.3) is 0 Å². The summed E-state index contributed by atoms with van der Waals surface area (Å²) >= 11 is 9.78. The Kier molecular flexibility index (Phi) is 5.55. The lowest BCUT2D eigenvalue weighted by Gasteiger charge is -2.23. The number of halogens is 1. The van der Waals surface area contributed by atoms with Crippen LogP contribution in [0.4, 0.5) is 0 Å². The molecule has 1 unspecified atom stereocenters. The highest BCUT2D eigenvalue weighted by Gasteiger charge is 2.18. The van der Waals surface area contributed by atoms with Gasteiger partial charge in [0.05, 0.1) is 14.3 Å². The highest BCUT2D eigenvalue weighted by atomic mass is 79.9. The lowest BCUT2D eigenvalue weighted by molar-refractivity contribution is 0.0755. The third-order valence-electron chi connectivity index (χ3n) is 2.46. The molecule has 0 bridgehead atoms. The van der Waals surface area contributed by atoms with E-state index in [1.165, 1.54) is 11.3 Å². The topological polar surface area (TPSA) is 46.3 Å². The predicted molar refractivity (Wildman–Crippen MR) is 79.5 cm³/mol. The van der Waals surface area contributed by atoms with Crippen molar-refractivity contribution in [2.24, 2.45) is 11.7 Å². The van der Waals surface area contributed by atoms with Crippen LogP contribution in [0.15, 0.2) is 15.2 Å². The summed E-state index contributed by atoms with van der Waals surface area (Å²) in [5, 5.41) is 1.85. The molecule has 3 nitrogen and oxygen atoms in total. The van der Waals surface area contributed by atoms with Gasteiger partial charge in [-0.1, -0.05) is 19.1 Å². The first-order chi connectivity index (χ1) is 7.95. The van der Waals surface area contributed by atoms with E-state index in [4.69, 9.17) is 18.0 Å². The molecular formula is C11H15BrN2OS2. The van der Waals surface area contributed by atoms with E-state index in [9.17, 15) is 4.79 Å². The van der Waals surface area contributed by atoms with Gasteiger partial charge in [-0.05, 0) is 28.9 Å². The number of carbonyl (C=O) groups excluding carboxylic acids is 1. The van der Waals surface area contributed by atoms with Gasteiger partial charge < -0.3 is 10.6 Å². The normalized spacial score (nSPS) is 12.2. The maximum Gasteiger partial charge on any atom is 0.254 e. The number of hydrogen-bond acceptors (Lipinski definition) is 3. The molecule has 0 aromatic carbocycles. The Morgan fingerprint density at radius 3 is 2.76 bits per heavy atom. The molecular weight excluding hydrogens is 320 g/mol. The molecule has 0 aliphatic heterocycles. The summed E-state index contributed by atoms with van der Waals surface area (Å²) < 4.78 is 0.958. The molecule has 0 aliphatic carbocycles. The largest absolute Gasteiger partial charge is 0.393 e. The highest BCUT2D eigenvalue weighted by molar-refractivity contribution is 9.11. The molecule has 1 aromatic heterocycles. The Morgan fingerprint density at radius 1 is 1.71 bits per heavy atom. The number of nitrogens with zero attached hydrogens (tertiary/aromatic N) is 1. The predicted octanol–water partition coefficient (Wildman–Crippen LogP) is 2.89. The van der Waals surface area contributed by atoms with Crippen molar-refractivity contribution >= 4 is 50.4 Å². The SMILES string of the molecule is CCN(CC(C)C(N)=S)C(=O)c1csc(Br)c1. The zero-order valence-corrected chi connectivity index (χ0v) is 13.0. The van der Waals surface area contributed by atoms with Gasteiger partial charge in [0.15, 0.2) is 0 Å². The van der Waals surface area contributed by atoms with Crippen LogP contribution in [-0.4, -0.2) is 28.9 Å². The van der Waals surface area contributed by atoms with Crippen molar-refractivity contribution in [3.63, 3.8) is 0 Å². The molecule has 1 heterocycles. The molecule has 1 rings (SSSR count). The van der Waals surface area contributed by atoms with Gasteiger partial charge in [-0.25, -0.2) is 0 Å². The second-order valence-electron chi connectivity index (χ2n) is 3.79. The van der Waals surface area contributed by atoms with Crippen molar-refractivity contribution in [1.29, 1.82) is 0 Å². The molecule has 0 aliphatic rings. The van der Waals surface area contributed by atoms with E-state index in [1.54, 1.807) is 4.90 Å². The van der Waals surface area contributed by atoms with Crippen molar-refractivity contribution in [3.05, 3.63) is 20.8 Å². The van der Waals surface area contributed by atoms with E-state index >= 15 is 0 Å². The van der Waals surface area contributed by atoms with E-state index in [2.05, 4.69) is 15.9 Å². The van der Waals surface area contributed by atoms with Gasteiger partial charge in [-0.3, -0.25) is 4.79 Å². The summed E-state index contributed by atoms with van der Waals surface area (Å²) in [4.78, 5) is 14.4. The summed E-state index contributed by atoms with van der Waals surface area (Å²) in [7, 11) is 0. The van der Waals surface area contributed by atoms with Crippen molar-refractivity contribution in [2.45, 2.75) is 13.8 Å². The average Bonchev–Trinajstić information content (AvgIpc) is 2.71. The molecule has 0 saturated heterocycles. The third kappa shape index (κ3) is 4.04. The number of rotatable bonds is 5. The third-order valence-corrected chi connectivity index (χ3v) is 4.37. The van der Waals surface area contributed by atoms with Gasteiger partial charge in [-0.2, -0.15) is 0 Å². The molecule has 6 heteroatoms. The first kappa shape index (κ1) is 14.6.